The van der Waals surface area contributed by atoms with Crippen LogP contribution in [0.15, 0.2) is 47.6 Å². The van der Waals surface area contributed by atoms with Gasteiger partial charge in [-0.15, -0.1) is 0 Å². The van der Waals surface area contributed by atoms with Crippen molar-refractivity contribution in [2.24, 2.45) is 0 Å². The third kappa shape index (κ3) is 2.69. The predicted molar refractivity (Wildman–Crippen MR) is 75.9 cm³/mol. The molecule has 0 spiro atoms. The second kappa shape index (κ2) is 5.86. The summed E-state index contributed by atoms with van der Waals surface area (Å²) in [6, 6.07) is 10.9. The molecule has 0 unspecified atom stereocenters. The lowest BCUT2D eigenvalue weighted by molar-refractivity contribution is 0.909. The second-order valence-corrected chi connectivity index (χ2v) is 4.71. The van der Waals surface area contributed by atoms with Gasteiger partial charge in [0.05, 0.1) is 0 Å². The fourth-order valence-corrected chi connectivity index (χ4v) is 2.75. The maximum atomic E-state index is 2.42. The average molecular weight is 226 g/mol. The molecule has 0 N–H and O–H groups in total. The Kier molecular flexibility index (Phi) is 4.19. The number of allylic oxidation sites excluding steroid dienone is 4. The van der Waals surface area contributed by atoms with Gasteiger partial charge in [0.2, 0.25) is 0 Å². The van der Waals surface area contributed by atoms with Crippen LogP contribution < -0.4 is 0 Å². The summed E-state index contributed by atoms with van der Waals surface area (Å²) < 4.78 is 0. The molecule has 1 aliphatic rings. The first-order chi connectivity index (χ1) is 8.36. The standard InChI is InChI=1S/C17H22/c1-3-8-14-12-13-17(16(14)9-4-2)15-10-6-5-7-11-15/h5-8,10-11H,3-4,9,12-13H2,1-2H3/b14-8+. The first-order valence-corrected chi connectivity index (χ1v) is 6.83. The van der Waals surface area contributed by atoms with Gasteiger partial charge in [-0.25, -0.2) is 0 Å². The van der Waals surface area contributed by atoms with Crippen molar-refractivity contribution in [3.05, 3.63) is 53.1 Å². The van der Waals surface area contributed by atoms with Gasteiger partial charge in [-0.1, -0.05) is 56.7 Å². The molecule has 0 saturated carbocycles. The van der Waals surface area contributed by atoms with Crippen LogP contribution in [-0.4, -0.2) is 0 Å². The Morgan fingerprint density at radius 2 is 1.82 bits per heavy atom. The minimum absolute atomic E-state index is 1.16. The largest absolute Gasteiger partial charge is 0.0813 e. The van der Waals surface area contributed by atoms with Crippen LogP contribution in [0, 0.1) is 0 Å². The molecule has 1 aliphatic carbocycles. The third-order valence-electron chi connectivity index (χ3n) is 3.47. The Morgan fingerprint density at radius 3 is 2.47 bits per heavy atom. The van der Waals surface area contributed by atoms with E-state index in [1.807, 2.05) is 0 Å². The Labute approximate surface area is 105 Å². The van der Waals surface area contributed by atoms with Crippen molar-refractivity contribution in [2.75, 3.05) is 0 Å². The monoisotopic (exact) mass is 226 g/mol. The van der Waals surface area contributed by atoms with E-state index in [9.17, 15) is 0 Å². The van der Waals surface area contributed by atoms with Crippen molar-refractivity contribution in [3.63, 3.8) is 0 Å². The summed E-state index contributed by atoms with van der Waals surface area (Å²) in [6.45, 7) is 4.51. The zero-order chi connectivity index (χ0) is 12.1. The zero-order valence-electron chi connectivity index (χ0n) is 11.0. The Balaban J connectivity index is 2.38. The van der Waals surface area contributed by atoms with Gasteiger partial charge in [0.25, 0.3) is 0 Å². The molecule has 0 nitrogen and oxygen atoms in total. The molecule has 0 aliphatic heterocycles. The van der Waals surface area contributed by atoms with Crippen LogP contribution in [0.2, 0.25) is 0 Å². The van der Waals surface area contributed by atoms with E-state index in [1.54, 1.807) is 16.7 Å². The minimum Gasteiger partial charge on any atom is -0.0813 e. The number of hydrogen-bond donors (Lipinski definition) is 0. The van der Waals surface area contributed by atoms with Gasteiger partial charge in [-0.2, -0.15) is 0 Å². The maximum absolute atomic E-state index is 2.42. The quantitative estimate of drug-likeness (QED) is 0.647. The van der Waals surface area contributed by atoms with Gasteiger partial charge >= 0.3 is 0 Å². The lowest BCUT2D eigenvalue weighted by Gasteiger charge is -2.08. The van der Waals surface area contributed by atoms with E-state index in [4.69, 9.17) is 0 Å². The van der Waals surface area contributed by atoms with Crippen molar-refractivity contribution < 1.29 is 0 Å². The molecule has 0 fully saturated rings. The van der Waals surface area contributed by atoms with E-state index in [2.05, 4.69) is 50.3 Å². The van der Waals surface area contributed by atoms with E-state index < -0.39 is 0 Å². The highest BCUT2D eigenvalue weighted by atomic mass is 14.2. The van der Waals surface area contributed by atoms with Gasteiger partial charge in [-0.3, -0.25) is 0 Å². The van der Waals surface area contributed by atoms with E-state index in [-0.39, 0.29) is 0 Å². The molecule has 0 heterocycles. The van der Waals surface area contributed by atoms with E-state index >= 15 is 0 Å². The highest BCUT2D eigenvalue weighted by Gasteiger charge is 2.19. The number of rotatable bonds is 4. The molecule has 0 saturated heterocycles. The third-order valence-corrected chi connectivity index (χ3v) is 3.47. The molecule has 0 atom stereocenters. The van der Waals surface area contributed by atoms with Crippen LogP contribution in [0.5, 0.6) is 0 Å². The molecular formula is C17H22. The van der Waals surface area contributed by atoms with Crippen molar-refractivity contribution in [2.45, 2.75) is 46.0 Å². The SMILES string of the molecule is CC/C=C1\CCC(c2ccccc2)=C1CCC. The predicted octanol–water partition coefficient (Wildman–Crippen LogP) is 5.37. The van der Waals surface area contributed by atoms with Gasteiger partial charge in [0.1, 0.15) is 0 Å². The molecule has 17 heavy (non-hydrogen) atoms. The Morgan fingerprint density at radius 1 is 1.06 bits per heavy atom. The summed E-state index contributed by atoms with van der Waals surface area (Å²) in [5, 5.41) is 0. The molecule has 0 heteroatoms. The van der Waals surface area contributed by atoms with Crippen LogP contribution in [0.3, 0.4) is 0 Å². The molecule has 90 valence electrons. The van der Waals surface area contributed by atoms with E-state index in [0.29, 0.717) is 0 Å². The molecule has 1 aromatic carbocycles. The Bertz CT molecular complexity index is 421. The highest BCUT2D eigenvalue weighted by molar-refractivity contribution is 5.75. The van der Waals surface area contributed by atoms with Crippen LogP contribution >= 0.6 is 0 Å². The van der Waals surface area contributed by atoms with Crippen LogP contribution in [0.25, 0.3) is 5.57 Å². The summed E-state index contributed by atoms with van der Waals surface area (Å²) in [4.78, 5) is 0. The fraction of sp³-hybridized carbons (Fsp3) is 0.412. The number of benzene rings is 1. The summed E-state index contributed by atoms with van der Waals surface area (Å²) in [6.07, 6.45) is 8.52. The fourth-order valence-electron chi connectivity index (χ4n) is 2.75. The molecular weight excluding hydrogens is 204 g/mol. The lowest BCUT2D eigenvalue weighted by atomic mass is 9.97. The normalized spacial score (nSPS) is 18.1. The van der Waals surface area contributed by atoms with Crippen LogP contribution in [-0.2, 0) is 0 Å². The lowest BCUT2D eigenvalue weighted by Crippen LogP contribution is -1.87. The van der Waals surface area contributed by atoms with Crippen LogP contribution in [0.4, 0.5) is 0 Å². The molecule has 0 aromatic heterocycles. The van der Waals surface area contributed by atoms with E-state index in [1.165, 1.54) is 31.2 Å². The van der Waals surface area contributed by atoms with Gasteiger partial charge < -0.3 is 0 Å². The highest BCUT2D eigenvalue weighted by Crippen LogP contribution is 2.40. The smallest absolute Gasteiger partial charge is 0.0222 e. The topological polar surface area (TPSA) is 0 Å². The van der Waals surface area contributed by atoms with Crippen molar-refractivity contribution >= 4 is 5.57 Å². The van der Waals surface area contributed by atoms with Crippen LogP contribution in [0.1, 0.15) is 51.5 Å². The summed E-state index contributed by atoms with van der Waals surface area (Å²) in [5.74, 6) is 0. The summed E-state index contributed by atoms with van der Waals surface area (Å²) >= 11 is 0. The first-order valence-electron chi connectivity index (χ1n) is 6.83. The second-order valence-electron chi connectivity index (χ2n) is 4.71. The Hall–Kier alpha value is -1.30. The average Bonchev–Trinajstić information content (AvgIpc) is 2.75. The minimum atomic E-state index is 1.16. The molecule has 0 radical (unpaired) electrons. The maximum Gasteiger partial charge on any atom is -0.0222 e. The zero-order valence-corrected chi connectivity index (χ0v) is 11.0. The van der Waals surface area contributed by atoms with E-state index in [0.717, 1.165) is 6.42 Å². The summed E-state index contributed by atoms with van der Waals surface area (Å²) in [7, 11) is 0. The molecule has 1 aromatic rings. The molecule has 0 bridgehead atoms. The van der Waals surface area contributed by atoms with Gasteiger partial charge in [-0.05, 0) is 48.0 Å². The number of hydrogen-bond acceptors (Lipinski definition) is 0. The van der Waals surface area contributed by atoms with Gasteiger partial charge in [0.15, 0.2) is 0 Å². The van der Waals surface area contributed by atoms with Crippen molar-refractivity contribution in [3.8, 4) is 0 Å². The van der Waals surface area contributed by atoms with Gasteiger partial charge in [0, 0.05) is 0 Å². The van der Waals surface area contributed by atoms with Crippen molar-refractivity contribution in [1.82, 2.24) is 0 Å². The van der Waals surface area contributed by atoms with Crippen molar-refractivity contribution in [1.29, 1.82) is 0 Å². The molecule has 0 amide bonds. The first kappa shape index (κ1) is 12.2. The molecule has 2 rings (SSSR count). The summed E-state index contributed by atoms with van der Waals surface area (Å²) in [5.41, 5.74) is 6.25.